The second-order valence-electron chi connectivity index (χ2n) is 3.66. The quantitative estimate of drug-likeness (QED) is 0.851. The van der Waals surface area contributed by atoms with Crippen LogP contribution in [0.1, 0.15) is 24.0 Å². The Morgan fingerprint density at radius 2 is 2.41 bits per heavy atom. The number of thiazole rings is 1. The minimum atomic E-state index is 0.467. The summed E-state index contributed by atoms with van der Waals surface area (Å²) in [5.74, 6) is 0.778. The Hall–Kier alpha value is -1.40. The number of aromatic nitrogens is 3. The van der Waals surface area contributed by atoms with Crippen LogP contribution in [-0.2, 0) is 19.7 Å². The molecule has 2 N–H and O–H groups in total. The Balaban J connectivity index is 1.88. The highest BCUT2D eigenvalue weighted by molar-refractivity contribution is 7.09. The van der Waals surface area contributed by atoms with Crippen LogP contribution in [0.15, 0.2) is 17.8 Å². The van der Waals surface area contributed by atoms with Crippen LogP contribution in [0.2, 0.25) is 0 Å². The van der Waals surface area contributed by atoms with Crippen molar-refractivity contribution in [2.75, 3.05) is 0 Å². The zero-order valence-corrected chi connectivity index (χ0v) is 10.6. The fourth-order valence-electron chi connectivity index (χ4n) is 1.44. The summed E-state index contributed by atoms with van der Waals surface area (Å²) in [6.45, 7) is 3.98. The van der Waals surface area contributed by atoms with Crippen LogP contribution in [-0.4, -0.2) is 14.8 Å². The van der Waals surface area contributed by atoms with E-state index in [0.29, 0.717) is 13.2 Å². The summed E-state index contributed by atoms with van der Waals surface area (Å²) in [5.41, 5.74) is 6.42. The summed E-state index contributed by atoms with van der Waals surface area (Å²) < 4.78 is 7.47. The maximum absolute atomic E-state index is 5.60. The van der Waals surface area contributed by atoms with E-state index in [-0.39, 0.29) is 0 Å². The molecule has 0 aliphatic heterocycles. The van der Waals surface area contributed by atoms with Crippen LogP contribution >= 0.6 is 11.3 Å². The van der Waals surface area contributed by atoms with E-state index >= 15 is 0 Å². The Labute approximate surface area is 104 Å². The molecule has 6 heteroatoms. The lowest BCUT2D eigenvalue weighted by Crippen LogP contribution is -1.98. The average Bonchev–Trinajstić information content (AvgIpc) is 2.95. The molecule has 0 aliphatic rings. The van der Waals surface area contributed by atoms with E-state index in [0.717, 1.165) is 29.4 Å². The largest absolute Gasteiger partial charge is 0.484 e. The zero-order chi connectivity index (χ0) is 12.1. The third-order valence-corrected chi connectivity index (χ3v) is 3.14. The van der Waals surface area contributed by atoms with Gasteiger partial charge in [0, 0.05) is 18.5 Å². The third-order valence-electron chi connectivity index (χ3n) is 2.22. The summed E-state index contributed by atoms with van der Waals surface area (Å²) in [5, 5.41) is 7.10. The van der Waals surface area contributed by atoms with E-state index in [4.69, 9.17) is 10.5 Å². The summed E-state index contributed by atoms with van der Waals surface area (Å²) >= 11 is 1.56. The van der Waals surface area contributed by atoms with Gasteiger partial charge in [-0.1, -0.05) is 6.92 Å². The SMILES string of the molecule is CCCn1cc(OCc2csc(CN)n2)cn1. The van der Waals surface area contributed by atoms with E-state index in [2.05, 4.69) is 17.0 Å². The van der Waals surface area contributed by atoms with E-state index < -0.39 is 0 Å². The maximum Gasteiger partial charge on any atom is 0.157 e. The molecule has 0 aliphatic carbocycles. The van der Waals surface area contributed by atoms with Crippen LogP contribution in [0.4, 0.5) is 0 Å². The van der Waals surface area contributed by atoms with Crippen molar-refractivity contribution in [3.05, 3.63) is 28.5 Å². The first-order valence-corrected chi connectivity index (χ1v) is 6.48. The molecule has 0 fully saturated rings. The van der Waals surface area contributed by atoms with Crippen molar-refractivity contribution in [1.82, 2.24) is 14.8 Å². The van der Waals surface area contributed by atoms with Gasteiger partial charge >= 0.3 is 0 Å². The van der Waals surface area contributed by atoms with Gasteiger partial charge in [-0.15, -0.1) is 11.3 Å². The van der Waals surface area contributed by atoms with Crippen molar-refractivity contribution in [3.8, 4) is 5.75 Å². The Morgan fingerprint density at radius 1 is 1.53 bits per heavy atom. The standard InChI is InChI=1S/C11H16N4OS/c1-2-3-15-6-10(5-13-15)16-7-9-8-17-11(4-12)14-9/h5-6,8H,2-4,7,12H2,1H3. The first-order valence-electron chi connectivity index (χ1n) is 5.60. The summed E-state index contributed by atoms with van der Waals surface area (Å²) in [6.07, 6.45) is 4.69. The third kappa shape index (κ3) is 3.28. The molecule has 0 spiro atoms. The van der Waals surface area contributed by atoms with Gasteiger partial charge in [0.1, 0.15) is 11.6 Å². The van der Waals surface area contributed by atoms with Crippen molar-refractivity contribution in [3.63, 3.8) is 0 Å². The molecule has 5 nitrogen and oxygen atoms in total. The van der Waals surface area contributed by atoms with Crippen LogP contribution in [0.3, 0.4) is 0 Å². The first-order chi connectivity index (χ1) is 8.31. The monoisotopic (exact) mass is 252 g/mol. The zero-order valence-electron chi connectivity index (χ0n) is 9.80. The lowest BCUT2D eigenvalue weighted by molar-refractivity contribution is 0.301. The highest BCUT2D eigenvalue weighted by Crippen LogP contribution is 2.13. The predicted molar refractivity (Wildman–Crippen MR) is 66.9 cm³/mol. The lowest BCUT2D eigenvalue weighted by atomic mass is 10.5. The number of ether oxygens (including phenoxy) is 1. The van der Waals surface area contributed by atoms with Crippen LogP contribution in [0.25, 0.3) is 0 Å². The molecule has 0 atom stereocenters. The van der Waals surface area contributed by atoms with Crippen LogP contribution < -0.4 is 10.5 Å². The molecule has 0 radical (unpaired) electrons. The average molecular weight is 252 g/mol. The van der Waals surface area contributed by atoms with Gasteiger partial charge in [0.05, 0.1) is 18.1 Å². The molecule has 0 unspecified atom stereocenters. The van der Waals surface area contributed by atoms with Gasteiger partial charge in [0.15, 0.2) is 5.75 Å². The van der Waals surface area contributed by atoms with E-state index in [1.165, 1.54) is 0 Å². The van der Waals surface area contributed by atoms with Crippen molar-refractivity contribution in [1.29, 1.82) is 0 Å². The predicted octanol–water partition coefficient (Wildman–Crippen LogP) is 1.79. The molecule has 2 rings (SSSR count). The summed E-state index contributed by atoms with van der Waals surface area (Å²) in [4.78, 5) is 4.33. The minimum absolute atomic E-state index is 0.467. The van der Waals surface area contributed by atoms with Crippen molar-refractivity contribution >= 4 is 11.3 Å². The molecule has 0 aromatic carbocycles. The molecule has 2 aromatic rings. The Morgan fingerprint density at radius 3 is 3.12 bits per heavy atom. The molecular formula is C11H16N4OS. The summed E-state index contributed by atoms with van der Waals surface area (Å²) in [7, 11) is 0. The van der Waals surface area contributed by atoms with Crippen molar-refractivity contribution in [2.45, 2.75) is 33.0 Å². The van der Waals surface area contributed by atoms with Gasteiger partial charge in [0.2, 0.25) is 0 Å². The Kier molecular flexibility index (Phi) is 4.11. The molecule has 2 aromatic heterocycles. The van der Waals surface area contributed by atoms with Gasteiger partial charge in [0.25, 0.3) is 0 Å². The number of aryl methyl sites for hydroxylation is 1. The maximum atomic E-state index is 5.60. The molecule has 92 valence electrons. The second-order valence-corrected chi connectivity index (χ2v) is 4.61. The number of rotatable bonds is 6. The minimum Gasteiger partial charge on any atom is -0.484 e. The lowest BCUT2D eigenvalue weighted by Gasteiger charge is -1.99. The normalized spacial score (nSPS) is 10.7. The smallest absolute Gasteiger partial charge is 0.157 e. The fourth-order valence-corrected chi connectivity index (χ4v) is 2.10. The van der Waals surface area contributed by atoms with Gasteiger partial charge in [-0.05, 0) is 6.42 Å². The topological polar surface area (TPSA) is 66.0 Å². The molecule has 0 amide bonds. The molecule has 0 saturated heterocycles. The highest BCUT2D eigenvalue weighted by atomic mass is 32.1. The number of hydrogen-bond acceptors (Lipinski definition) is 5. The number of nitrogens with two attached hydrogens (primary N) is 1. The molecule has 17 heavy (non-hydrogen) atoms. The van der Waals surface area contributed by atoms with Gasteiger partial charge < -0.3 is 10.5 Å². The molecular weight excluding hydrogens is 236 g/mol. The van der Waals surface area contributed by atoms with Crippen molar-refractivity contribution < 1.29 is 4.74 Å². The van der Waals surface area contributed by atoms with E-state index in [9.17, 15) is 0 Å². The Bertz CT molecular complexity index is 465. The highest BCUT2D eigenvalue weighted by Gasteiger charge is 2.03. The summed E-state index contributed by atoms with van der Waals surface area (Å²) in [6, 6.07) is 0. The second kappa shape index (κ2) is 5.79. The molecule has 0 bridgehead atoms. The molecule has 0 saturated carbocycles. The van der Waals surface area contributed by atoms with Crippen LogP contribution in [0.5, 0.6) is 5.75 Å². The van der Waals surface area contributed by atoms with Crippen molar-refractivity contribution in [2.24, 2.45) is 5.73 Å². The fraction of sp³-hybridized carbons (Fsp3) is 0.455. The van der Waals surface area contributed by atoms with Gasteiger partial charge in [-0.2, -0.15) is 5.10 Å². The number of nitrogens with zero attached hydrogens (tertiary/aromatic N) is 3. The first kappa shape index (κ1) is 12.1. The van der Waals surface area contributed by atoms with E-state index in [1.807, 2.05) is 16.3 Å². The van der Waals surface area contributed by atoms with Gasteiger partial charge in [-0.3, -0.25) is 4.68 Å². The van der Waals surface area contributed by atoms with E-state index in [1.54, 1.807) is 17.5 Å². The van der Waals surface area contributed by atoms with Crippen LogP contribution in [0, 0.1) is 0 Å². The molecule has 2 heterocycles. The van der Waals surface area contributed by atoms with Gasteiger partial charge in [-0.25, -0.2) is 4.98 Å². The number of hydrogen-bond donors (Lipinski definition) is 1.